The third-order valence-electron chi connectivity index (χ3n) is 8.61. The molecule has 1 N–H and O–H groups in total. The molecule has 0 amide bonds. The van der Waals surface area contributed by atoms with Gasteiger partial charge in [-0.3, -0.25) is 0 Å². The maximum absolute atomic E-state index is 10.9. The van der Waals surface area contributed by atoms with E-state index in [4.69, 9.17) is 34.0 Å². The van der Waals surface area contributed by atoms with E-state index < -0.39 is 60.5 Å². The highest BCUT2D eigenvalue weighted by Crippen LogP contribution is 2.47. The van der Waals surface area contributed by atoms with E-state index in [1.54, 1.807) is 0 Å². The van der Waals surface area contributed by atoms with Crippen molar-refractivity contribution in [1.29, 1.82) is 0 Å². The number of aliphatic hydroxyl groups is 1. The lowest BCUT2D eigenvalue weighted by Gasteiger charge is -2.48. The van der Waals surface area contributed by atoms with Crippen molar-refractivity contribution < 1.29 is 33.5 Å². The number of azide groups is 2. The van der Waals surface area contributed by atoms with E-state index in [9.17, 15) is 10.6 Å². The van der Waals surface area contributed by atoms with Crippen LogP contribution in [0.15, 0.2) is 22.1 Å². The highest BCUT2D eigenvalue weighted by Gasteiger charge is 2.58. The topological polar surface area (TPSA) is 173 Å². The van der Waals surface area contributed by atoms with Crippen LogP contribution in [0.25, 0.3) is 20.9 Å². The zero-order valence-corrected chi connectivity index (χ0v) is 20.8. The highest BCUT2D eigenvalue weighted by atomic mass is 16.8. The van der Waals surface area contributed by atoms with Gasteiger partial charge in [0.1, 0.15) is 24.1 Å². The smallest absolute Gasteiger partial charge is 0.181 e. The summed E-state index contributed by atoms with van der Waals surface area (Å²) in [4.78, 5) is 6.01. The average molecular weight is 519 g/mol. The fraction of sp³-hybridized carbons (Fsp3) is 0.917. The fourth-order valence-electron chi connectivity index (χ4n) is 6.85. The van der Waals surface area contributed by atoms with E-state index >= 15 is 0 Å². The molecular weight excluding hydrogens is 484 g/mol. The molecule has 13 nitrogen and oxygen atoms in total. The first-order chi connectivity index (χ1) is 18.0. The Hall–Kier alpha value is -2.08. The molecule has 5 fully saturated rings. The minimum Gasteiger partial charge on any atom is -0.510 e. The Morgan fingerprint density at radius 1 is 0.865 bits per heavy atom. The van der Waals surface area contributed by atoms with Gasteiger partial charge in [0.25, 0.3) is 0 Å². The summed E-state index contributed by atoms with van der Waals surface area (Å²) >= 11 is 0. The van der Waals surface area contributed by atoms with Gasteiger partial charge in [-0.1, -0.05) is 23.1 Å². The molecule has 202 valence electrons. The molecule has 0 bridgehead atoms. The lowest BCUT2D eigenvalue weighted by Crippen LogP contribution is -2.58. The molecule has 0 aromatic carbocycles. The largest absolute Gasteiger partial charge is 0.510 e. The Labute approximate surface area is 214 Å². The molecular formula is C24H34N6O7. The first-order valence-corrected chi connectivity index (χ1v) is 13.5. The summed E-state index contributed by atoms with van der Waals surface area (Å²) in [5.41, 5.74) is 18.4. The van der Waals surface area contributed by atoms with Crippen LogP contribution < -0.4 is 0 Å². The molecule has 0 aromatic heterocycles. The lowest BCUT2D eigenvalue weighted by atomic mass is 9.84. The van der Waals surface area contributed by atoms with Gasteiger partial charge in [0.2, 0.25) is 0 Å². The fourth-order valence-corrected chi connectivity index (χ4v) is 6.85. The summed E-state index contributed by atoms with van der Waals surface area (Å²) in [5, 5.41) is 18.8. The van der Waals surface area contributed by atoms with Gasteiger partial charge >= 0.3 is 0 Å². The van der Waals surface area contributed by atoms with Gasteiger partial charge in [0.15, 0.2) is 17.9 Å². The molecule has 6 aliphatic rings. The van der Waals surface area contributed by atoms with Gasteiger partial charge in [0, 0.05) is 41.6 Å². The molecule has 3 aliphatic heterocycles. The molecule has 13 heteroatoms. The number of hydrogen-bond acceptors (Lipinski definition) is 9. The van der Waals surface area contributed by atoms with E-state index in [0.29, 0.717) is 0 Å². The monoisotopic (exact) mass is 518 g/mol. The second-order valence-corrected chi connectivity index (χ2v) is 11.0. The molecule has 3 aliphatic carbocycles. The van der Waals surface area contributed by atoms with Crippen LogP contribution in [0.5, 0.6) is 0 Å². The maximum Gasteiger partial charge on any atom is 0.181 e. The zero-order valence-electron chi connectivity index (χ0n) is 20.8. The minimum atomic E-state index is -0.932. The van der Waals surface area contributed by atoms with Crippen molar-refractivity contribution in [2.75, 3.05) is 6.61 Å². The van der Waals surface area contributed by atoms with Crippen LogP contribution in [0.3, 0.4) is 0 Å². The van der Waals surface area contributed by atoms with E-state index in [2.05, 4.69) is 20.1 Å². The van der Waals surface area contributed by atoms with Crippen molar-refractivity contribution in [3.63, 3.8) is 0 Å². The number of rotatable bonds is 4. The number of fused-ring (bicyclic) bond motifs is 2. The molecule has 6 rings (SSSR count). The van der Waals surface area contributed by atoms with Crippen LogP contribution in [0.4, 0.5) is 0 Å². The number of hydrogen-bond donors (Lipinski definition) is 1. The van der Waals surface area contributed by atoms with Crippen LogP contribution in [0.1, 0.15) is 70.6 Å². The third-order valence-corrected chi connectivity index (χ3v) is 8.61. The molecule has 3 heterocycles. The summed E-state index contributed by atoms with van der Waals surface area (Å²) in [6.45, 7) is 0.278. The molecule has 0 radical (unpaired) electrons. The summed E-state index contributed by atoms with van der Waals surface area (Å²) in [5.74, 6) is -1.39. The van der Waals surface area contributed by atoms with Crippen molar-refractivity contribution in [3.8, 4) is 0 Å². The zero-order chi connectivity index (χ0) is 25.5. The Balaban J connectivity index is 1.23. The summed E-state index contributed by atoms with van der Waals surface area (Å²) in [7, 11) is 0. The predicted molar refractivity (Wildman–Crippen MR) is 127 cm³/mol. The van der Waals surface area contributed by atoms with E-state index in [1.165, 1.54) is 6.08 Å². The summed E-state index contributed by atoms with van der Waals surface area (Å²) in [6, 6.07) is -1.23. The minimum absolute atomic E-state index is 0.0430. The molecule has 37 heavy (non-hydrogen) atoms. The van der Waals surface area contributed by atoms with Crippen LogP contribution in [-0.4, -0.2) is 72.2 Å². The third kappa shape index (κ3) is 4.79. The predicted octanol–water partition coefficient (Wildman–Crippen LogP) is 4.82. The van der Waals surface area contributed by atoms with E-state index in [-0.39, 0.29) is 18.8 Å². The van der Waals surface area contributed by atoms with Gasteiger partial charge in [-0.2, -0.15) is 0 Å². The number of ether oxygens (including phenoxy) is 6. The van der Waals surface area contributed by atoms with Crippen LogP contribution in [0, 0.1) is 0 Å². The standard InChI is InChI=1S/C24H34N6O7/c25-29-27-14-11-15(28-30-26)20-22(37-24(35-20)9-5-2-6-10-24)19(14)34-18-12-16(31)21-17(33-18)13-32-23(36-21)7-3-1-4-8-23/h12,14-15,17-22,31H,1-11,13H2/t14?,15-,17?,18-,19-,20?,21+,22?/m1/s1. The second kappa shape index (κ2) is 10.2. The average Bonchev–Trinajstić information content (AvgIpc) is 3.27. The van der Waals surface area contributed by atoms with Gasteiger partial charge in [0.05, 0.1) is 30.9 Å². The van der Waals surface area contributed by atoms with Crippen molar-refractivity contribution in [2.24, 2.45) is 10.2 Å². The van der Waals surface area contributed by atoms with E-state index in [0.717, 1.165) is 64.2 Å². The SMILES string of the molecule is [N-]=[N+]=NC1C[C@@H](N=[N+]=[N-])C2OC3(CCCCC3)OC2[C@@H]1O[C@@H]1C=C(O)[C@@H]2OC3(CCCCC3)OCC2O1. The van der Waals surface area contributed by atoms with Crippen molar-refractivity contribution in [2.45, 2.75) is 131 Å². The molecule has 0 aromatic rings. The number of aliphatic hydroxyl groups excluding tert-OH is 1. The summed E-state index contributed by atoms with van der Waals surface area (Å²) in [6.07, 6.45) is 7.11. The van der Waals surface area contributed by atoms with Gasteiger partial charge in [-0.15, -0.1) is 0 Å². The Morgan fingerprint density at radius 2 is 1.51 bits per heavy atom. The maximum atomic E-state index is 10.9. The molecule has 4 unspecified atom stereocenters. The molecule has 3 saturated carbocycles. The van der Waals surface area contributed by atoms with Crippen molar-refractivity contribution in [1.82, 2.24) is 0 Å². The van der Waals surface area contributed by atoms with Gasteiger partial charge < -0.3 is 33.5 Å². The van der Waals surface area contributed by atoms with Crippen molar-refractivity contribution in [3.05, 3.63) is 32.7 Å². The highest BCUT2D eigenvalue weighted by molar-refractivity contribution is 5.12. The molecule has 2 saturated heterocycles. The normalized spacial score (nSPS) is 42.1. The van der Waals surface area contributed by atoms with Crippen LogP contribution >= 0.6 is 0 Å². The molecule has 2 spiro atoms. The van der Waals surface area contributed by atoms with Crippen LogP contribution in [-0.2, 0) is 28.4 Å². The number of nitrogens with zero attached hydrogens (tertiary/aromatic N) is 6. The first-order valence-electron chi connectivity index (χ1n) is 13.5. The first kappa shape index (κ1) is 25.2. The Morgan fingerprint density at radius 3 is 2.22 bits per heavy atom. The van der Waals surface area contributed by atoms with Gasteiger partial charge in [-0.25, -0.2) is 0 Å². The Kier molecular flexibility index (Phi) is 6.98. The quantitative estimate of drug-likeness (QED) is 0.315. The summed E-state index contributed by atoms with van der Waals surface area (Å²) < 4.78 is 37.8. The second-order valence-electron chi connectivity index (χ2n) is 11.0. The molecule has 8 atom stereocenters. The van der Waals surface area contributed by atoms with Gasteiger partial charge in [-0.05, 0) is 43.2 Å². The van der Waals surface area contributed by atoms with Crippen molar-refractivity contribution >= 4 is 0 Å². The van der Waals surface area contributed by atoms with E-state index in [1.807, 2.05) is 0 Å². The van der Waals surface area contributed by atoms with Crippen LogP contribution in [0.2, 0.25) is 0 Å². The Bertz CT molecular complexity index is 986. The lowest BCUT2D eigenvalue weighted by molar-refractivity contribution is -0.352.